The molecule has 0 fully saturated rings. The second-order valence-electron chi connectivity index (χ2n) is 4.30. The van der Waals surface area contributed by atoms with Gasteiger partial charge in [-0.05, 0) is 6.07 Å². The molecule has 0 aliphatic carbocycles. The first kappa shape index (κ1) is 13.1. The zero-order chi connectivity index (χ0) is 14.1. The van der Waals surface area contributed by atoms with Gasteiger partial charge in [0.25, 0.3) is 0 Å². The van der Waals surface area contributed by atoms with Crippen molar-refractivity contribution in [3.63, 3.8) is 0 Å². The molecule has 0 saturated heterocycles. The molecule has 1 heterocycles. The van der Waals surface area contributed by atoms with Crippen molar-refractivity contribution in [1.29, 1.82) is 0 Å². The number of halogens is 2. The van der Waals surface area contributed by atoms with Crippen LogP contribution in [0.2, 0.25) is 10.0 Å². The number of para-hydroxylation sites is 1. The predicted octanol–water partition coefficient (Wildman–Crippen LogP) is 4.77. The summed E-state index contributed by atoms with van der Waals surface area (Å²) in [4.78, 5) is 16.8. The largest absolute Gasteiger partial charge is 0.287 e. The third kappa shape index (κ3) is 2.17. The van der Waals surface area contributed by atoms with Crippen molar-refractivity contribution in [2.24, 2.45) is 0 Å². The van der Waals surface area contributed by atoms with Gasteiger partial charge in [-0.1, -0.05) is 71.7 Å². The molecule has 0 unspecified atom stereocenters. The topological polar surface area (TPSA) is 30.0 Å². The number of hydrogen-bond donors (Lipinski definition) is 0. The molecule has 20 heavy (non-hydrogen) atoms. The first-order valence-corrected chi connectivity index (χ1v) is 6.77. The highest BCUT2D eigenvalue weighted by atomic mass is 35.5. The van der Waals surface area contributed by atoms with Gasteiger partial charge >= 0.3 is 0 Å². The van der Waals surface area contributed by atoms with Gasteiger partial charge in [0.15, 0.2) is 0 Å². The lowest BCUT2D eigenvalue weighted by atomic mass is 10.1. The third-order valence-electron chi connectivity index (χ3n) is 3.02. The Balaban J connectivity index is 2.22. The van der Waals surface area contributed by atoms with E-state index in [1.165, 1.54) is 0 Å². The number of hydrogen-bond acceptors (Lipinski definition) is 2. The summed E-state index contributed by atoms with van der Waals surface area (Å²) in [7, 11) is 0. The van der Waals surface area contributed by atoms with E-state index in [4.69, 9.17) is 23.2 Å². The minimum atomic E-state index is -0.233. The molecular formula is C16H9Cl2NO. The van der Waals surface area contributed by atoms with E-state index in [2.05, 4.69) is 4.98 Å². The maximum absolute atomic E-state index is 12.5. The van der Waals surface area contributed by atoms with Gasteiger partial charge in [-0.3, -0.25) is 4.79 Å². The van der Waals surface area contributed by atoms with Gasteiger partial charge in [-0.25, -0.2) is 4.98 Å². The van der Waals surface area contributed by atoms with E-state index in [1.807, 2.05) is 24.3 Å². The molecule has 0 spiro atoms. The van der Waals surface area contributed by atoms with Crippen LogP contribution >= 0.6 is 23.2 Å². The minimum Gasteiger partial charge on any atom is -0.287 e. The third-order valence-corrected chi connectivity index (χ3v) is 3.88. The molecule has 98 valence electrons. The molecule has 0 aliphatic rings. The lowest BCUT2D eigenvalue weighted by molar-refractivity contribution is 0.103. The summed E-state index contributed by atoms with van der Waals surface area (Å²) >= 11 is 12.4. The summed E-state index contributed by atoms with van der Waals surface area (Å²) in [6, 6.07) is 16.2. The van der Waals surface area contributed by atoms with Crippen LogP contribution in [-0.4, -0.2) is 10.8 Å². The molecule has 3 aromatic rings. The number of nitrogens with zero attached hydrogens (tertiary/aromatic N) is 1. The molecular weight excluding hydrogens is 293 g/mol. The summed E-state index contributed by atoms with van der Waals surface area (Å²) in [6.07, 6.45) is 0. The van der Waals surface area contributed by atoms with Gasteiger partial charge in [-0.15, -0.1) is 0 Å². The summed E-state index contributed by atoms with van der Waals surface area (Å²) in [5.41, 5.74) is 1.37. The van der Waals surface area contributed by atoms with Crippen molar-refractivity contribution in [3.8, 4) is 0 Å². The monoisotopic (exact) mass is 301 g/mol. The van der Waals surface area contributed by atoms with Crippen LogP contribution in [0, 0.1) is 0 Å². The second-order valence-corrected chi connectivity index (χ2v) is 5.06. The van der Waals surface area contributed by atoms with E-state index in [9.17, 15) is 4.79 Å². The van der Waals surface area contributed by atoms with Gasteiger partial charge in [0.2, 0.25) is 5.78 Å². The number of fused-ring (bicyclic) bond motifs is 1. The first-order valence-electron chi connectivity index (χ1n) is 6.02. The van der Waals surface area contributed by atoms with Crippen LogP contribution in [0.25, 0.3) is 10.9 Å². The highest BCUT2D eigenvalue weighted by molar-refractivity contribution is 6.47. The smallest absolute Gasteiger partial charge is 0.212 e. The van der Waals surface area contributed by atoms with Crippen LogP contribution in [0.5, 0.6) is 0 Å². The Morgan fingerprint density at radius 2 is 1.50 bits per heavy atom. The summed E-state index contributed by atoms with van der Waals surface area (Å²) in [5.74, 6) is -0.233. The minimum absolute atomic E-state index is 0.182. The molecule has 0 saturated carbocycles. The van der Waals surface area contributed by atoms with Gasteiger partial charge in [0, 0.05) is 10.9 Å². The summed E-state index contributed by atoms with van der Waals surface area (Å²) in [6.45, 7) is 0. The fraction of sp³-hybridized carbons (Fsp3) is 0. The molecule has 0 bridgehead atoms. The number of pyridine rings is 1. The Hall–Kier alpha value is -1.90. The quantitative estimate of drug-likeness (QED) is 0.638. The van der Waals surface area contributed by atoms with Gasteiger partial charge < -0.3 is 0 Å². The fourth-order valence-corrected chi connectivity index (χ4v) is 2.50. The molecule has 4 heteroatoms. The van der Waals surface area contributed by atoms with Crippen LogP contribution in [0.4, 0.5) is 0 Å². The number of carbonyl (C=O) groups excluding carboxylic acids is 1. The summed E-state index contributed by atoms with van der Waals surface area (Å²) in [5, 5.41) is 1.29. The zero-order valence-corrected chi connectivity index (χ0v) is 11.8. The Labute approximate surface area is 126 Å². The van der Waals surface area contributed by atoms with Crippen LogP contribution in [0.15, 0.2) is 54.6 Å². The predicted molar refractivity (Wildman–Crippen MR) is 81.6 cm³/mol. The first-order chi connectivity index (χ1) is 9.68. The zero-order valence-electron chi connectivity index (χ0n) is 10.3. The Morgan fingerprint density at radius 1 is 0.850 bits per heavy atom. The normalized spacial score (nSPS) is 10.7. The number of aromatic nitrogens is 1. The van der Waals surface area contributed by atoms with E-state index in [-0.39, 0.29) is 16.5 Å². The van der Waals surface area contributed by atoms with E-state index in [1.54, 1.807) is 30.3 Å². The van der Waals surface area contributed by atoms with Crippen molar-refractivity contribution >= 4 is 39.9 Å². The average Bonchev–Trinajstić information content (AvgIpc) is 2.51. The van der Waals surface area contributed by atoms with Gasteiger partial charge in [0.05, 0.1) is 15.6 Å². The van der Waals surface area contributed by atoms with Crippen LogP contribution < -0.4 is 0 Å². The van der Waals surface area contributed by atoms with E-state index < -0.39 is 0 Å². The molecule has 3 rings (SSSR count). The lowest BCUT2D eigenvalue weighted by Gasteiger charge is -2.08. The highest BCUT2D eigenvalue weighted by Crippen LogP contribution is 2.32. The second kappa shape index (κ2) is 5.23. The van der Waals surface area contributed by atoms with Crippen LogP contribution in [0.3, 0.4) is 0 Å². The molecule has 1 aromatic heterocycles. The molecule has 0 atom stereocenters. The maximum atomic E-state index is 12.5. The number of benzene rings is 2. The van der Waals surface area contributed by atoms with Crippen LogP contribution in [-0.2, 0) is 0 Å². The summed E-state index contributed by atoms with van der Waals surface area (Å²) < 4.78 is 0. The average molecular weight is 302 g/mol. The standard InChI is InChI=1S/C16H9Cl2NO/c17-13-11-8-4-5-9-12(11)19-15(14(13)18)16(20)10-6-2-1-3-7-10/h1-9H. The van der Waals surface area contributed by atoms with Gasteiger partial charge in [0.1, 0.15) is 5.69 Å². The Kier molecular flexibility index (Phi) is 3.43. The Bertz CT molecular complexity index is 800. The number of carbonyl (C=O) groups is 1. The molecule has 0 N–H and O–H groups in total. The maximum Gasteiger partial charge on any atom is 0.212 e. The fourth-order valence-electron chi connectivity index (χ4n) is 2.03. The van der Waals surface area contributed by atoms with E-state index in [0.29, 0.717) is 16.1 Å². The molecule has 2 aromatic carbocycles. The van der Waals surface area contributed by atoms with Gasteiger partial charge in [-0.2, -0.15) is 0 Å². The van der Waals surface area contributed by atoms with Crippen molar-refractivity contribution in [2.75, 3.05) is 0 Å². The van der Waals surface area contributed by atoms with Crippen molar-refractivity contribution in [2.45, 2.75) is 0 Å². The highest BCUT2D eigenvalue weighted by Gasteiger charge is 2.19. The lowest BCUT2D eigenvalue weighted by Crippen LogP contribution is -2.05. The van der Waals surface area contributed by atoms with Crippen molar-refractivity contribution in [3.05, 3.63) is 75.9 Å². The number of rotatable bonds is 2. The SMILES string of the molecule is O=C(c1ccccc1)c1nc2ccccc2c(Cl)c1Cl. The van der Waals surface area contributed by atoms with Crippen LogP contribution in [0.1, 0.15) is 16.1 Å². The molecule has 0 radical (unpaired) electrons. The number of ketones is 1. The van der Waals surface area contributed by atoms with Crippen molar-refractivity contribution in [1.82, 2.24) is 4.98 Å². The van der Waals surface area contributed by atoms with Crippen molar-refractivity contribution < 1.29 is 4.79 Å². The molecule has 0 amide bonds. The Morgan fingerprint density at radius 3 is 2.25 bits per heavy atom. The van der Waals surface area contributed by atoms with E-state index in [0.717, 1.165) is 5.39 Å². The van der Waals surface area contributed by atoms with E-state index >= 15 is 0 Å². The molecule has 0 aliphatic heterocycles. The molecule has 2 nitrogen and oxygen atoms in total.